The first kappa shape index (κ1) is 14.6. The van der Waals surface area contributed by atoms with Gasteiger partial charge in [-0.25, -0.2) is 9.97 Å². The average molecular weight is 322 g/mol. The summed E-state index contributed by atoms with van der Waals surface area (Å²) in [7, 11) is 0. The minimum Gasteiger partial charge on any atom is -0.383 e. The number of rotatable bonds is 4. The molecule has 2 aromatic rings. The lowest BCUT2D eigenvalue weighted by Crippen LogP contribution is -2.37. The third kappa shape index (κ3) is 3.29. The van der Waals surface area contributed by atoms with Gasteiger partial charge in [0.05, 0.1) is 10.6 Å². The summed E-state index contributed by atoms with van der Waals surface area (Å²) in [5, 5.41) is 6.27. The van der Waals surface area contributed by atoms with Crippen molar-refractivity contribution in [3.8, 4) is 0 Å². The van der Waals surface area contributed by atoms with Gasteiger partial charge in [0.2, 0.25) is 5.91 Å². The van der Waals surface area contributed by atoms with Gasteiger partial charge in [0.1, 0.15) is 10.6 Å². The lowest BCUT2D eigenvalue weighted by atomic mass is 10.2. The van der Waals surface area contributed by atoms with E-state index in [0.29, 0.717) is 17.0 Å². The van der Waals surface area contributed by atoms with Crippen LogP contribution in [-0.2, 0) is 4.79 Å². The Hall–Kier alpha value is -1.34. The predicted octanol–water partition coefficient (Wildman–Crippen LogP) is 2.81. The summed E-state index contributed by atoms with van der Waals surface area (Å²) in [6, 6.07) is 2.26. The zero-order valence-corrected chi connectivity index (χ0v) is 13.5. The molecule has 0 aliphatic heterocycles. The van der Waals surface area contributed by atoms with Crippen LogP contribution in [0.1, 0.15) is 32.6 Å². The Labute approximate surface area is 131 Å². The number of nitrogens with zero attached hydrogens (tertiary/aromatic N) is 2. The molecular formula is C14H18N4OS2. The highest BCUT2D eigenvalue weighted by Crippen LogP contribution is 2.28. The Kier molecular flexibility index (Phi) is 4.30. The Morgan fingerprint density at radius 2 is 2.24 bits per heavy atom. The van der Waals surface area contributed by atoms with E-state index in [9.17, 15) is 4.79 Å². The van der Waals surface area contributed by atoms with E-state index in [0.717, 1.165) is 23.1 Å². The first-order valence-electron chi connectivity index (χ1n) is 7.11. The number of hydrogen-bond donors (Lipinski definition) is 2. The number of hydrogen-bond acceptors (Lipinski definition) is 6. The number of nitrogens with two attached hydrogens (primary N) is 1. The predicted molar refractivity (Wildman–Crippen MR) is 87.5 cm³/mol. The first-order valence-corrected chi connectivity index (χ1v) is 8.87. The van der Waals surface area contributed by atoms with Gasteiger partial charge in [-0.05, 0) is 31.2 Å². The van der Waals surface area contributed by atoms with Crippen molar-refractivity contribution < 1.29 is 4.79 Å². The van der Waals surface area contributed by atoms with Crippen molar-refractivity contribution >= 4 is 45.0 Å². The first-order chi connectivity index (χ1) is 10.1. The summed E-state index contributed by atoms with van der Waals surface area (Å²) in [5.41, 5.74) is 5.93. The van der Waals surface area contributed by atoms with Crippen molar-refractivity contribution in [1.29, 1.82) is 0 Å². The molecule has 0 radical (unpaired) electrons. The summed E-state index contributed by atoms with van der Waals surface area (Å²) in [6.45, 7) is 1.88. The molecule has 1 aliphatic carbocycles. The van der Waals surface area contributed by atoms with Gasteiger partial charge in [0, 0.05) is 6.04 Å². The number of nitrogens with one attached hydrogen (secondary N) is 1. The quantitative estimate of drug-likeness (QED) is 0.668. The van der Waals surface area contributed by atoms with Crippen molar-refractivity contribution in [2.75, 3.05) is 5.73 Å². The molecule has 1 amide bonds. The molecule has 0 unspecified atom stereocenters. The topological polar surface area (TPSA) is 80.9 Å². The zero-order chi connectivity index (χ0) is 14.8. The maximum Gasteiger partial charge on any atom is 0.233 e. The molecule has 2 heterocycles. The number of nitrogen functional groups attached to an aromatic ring is 1. The highest BCUT2D eigenvalue weighted by molar-refractivity contribution is 8.00. The molecule has 0 saturated heterocycles. The minimum absolute atomic E-state index is 0.0559. The van der Waals surface area contributed by atoms with E-state index in [4.69, 9.17) is 5.73 Å². The van der Waals surface area contributed by atoms with Crippen LogP contribution in [0.15, 0.2) is 16.6 Å². The van der Waals surface area contributed by atoms with Crippen LogP contribution in [0.5, 0.6) is 0 Å². The van der Waals surface area contributed by atoms with Gasteiger partial charge in [-0.1, -0.05) is 24.6 Å². The number of thioether (sulfide) groups is 1. The number of anilines is 1. The Morgan fingerprint density at radius 3 is 3.00 bits per heavy atom. The SMILES string of the molecule is C[C@@H](Sc1nc(N)c2ccsc2n1)C(=O)NC1CCCC1. The summed E-state index contributed by atoms with van der Waals surface area (Å²) >= 11 is 2.89. The molecule has 2 aromatic heterocycles. The van der Waals surface area contributed by atoms with E-state index in [1.54, 1.807) is 0 Å². The molecule has 0 bridgehead atoms. The normalized spacial score (nSPS) is 17.2. The largest absolute Gasteiger partial charge is 0.383 e. The summed E-state index contributed by atoms with van der Waals surface area (Å²) in [5.74, 6) is 0.535. The van der Waals surface area contributed by atoms with E-state index in [1.807, 2.05) is 18.4 Å². The number of amides is 1. The summed E-state index contributed by atoms with van der Waals surface area (Å²) in [6.07, 6.45) is 4.60. The Balaban J connectivity index is 1.67. The van der Waals surface area contributed by atoms with Gasteiger partial charge < -0.3 is 11.1 Å². The van der Waals surface area contributed by atoms with Crippen molar-refractivity contribution in [2.45, 2.75) is 49.1 Å². The number of carbonyl (C=O) groups is 1. The van der Waals surface area contributed by atoms with Gasteiger partial charge in [0.15, 0.2) is 5.16 Å². The smallest absolute Gasteiger partial charge is 0.233 e. The van der Waals surface area contributed by atoms with Crippen LogP contribution in [0.4, 0.5) is 5.82 Å². The van der Waals surface area contributed by atoms with Gasteiger partial charge in [-0.3, -0.25) is 4.79 Å². The monoisotopic (exact) mass is 322 g/mol. The average Bonchev–Trinajstić information content (AvgIpc) is 3.09. The lowest BCUT2D eigenvalue weighted by molar-refractivity contribution is -0.120. The standard InChI is InChI=1S/C14H18N4OS2/c1-8(12(19)16-9-4-2-3-5-9)21-14-17-11(15)10-6-7-20-13(10)18-14/h6-9H,2-5H2,1H3,(H,16,19)(H2,15,17,18)/t8-/m1/s1. The minimum atomic E-state index is -0.220. The number of aromatic nitrogens is 2. The fourth-order valence-electron chi connectivity index (χ4n) is 2.51. The maximum atomic E-state index is 12.2. The van der Waals surface area contributed by atoms with Crippen molar-refractivity contribution in [1.82, 2.24) is 15.3 Å². The number of thiophene rings is 1. The molecule has 1 atom stereocenters. The van der Waals surface area contributed by atoms with Gasteiger partial charge in [-0.2, -0.15) is 0 Å². The van der Waals surface area contributed by atoms with Gasteiger partial charge >= 0.3 is 0 Å². The Morgan fingerprint density at radius 1 is 1.48 bits per heavy atom. The van der Waals surface area contributed by atoms with Gasteiger partial charge in [0.25, 0.3) is 0 Å². The molecule has 0 aromatic carbocycles. The molecule has 3 rings (SSSR count). The van der Waals surface area contributed by atoms with Gasteiger partial charge in [-0.15, -0.1) is 11.3 Å². The highest BCUT2D eigenvalue weighted by Gasteiger charge is 2.22. The van der Waals surface area contributed by atoms with E-state index in [2.05, 4.69) is 15.3 Å². The van der Waals surface area contributed by atoms with Crippen LogP contribution in [0, 0.1) is 0 Å². The fourth-order valence-corrected chi connectivity index (χ4v) is 4.13. The van der Waals surface area contributed by atoms with Crippen LogP contribution in [0.2, 0.25) is 0 Å². The van der Waals surface area contributed by atoms with E-state index >= 15 is 0 Å². The fraction of sp³-hybridized carbons (Fsp3) is 0.500. The lowest BCUT2D eigenvalue weighted by Gasteiger charge is -2.15. The molecule has 1 aliphatic rings. The van der Waals surface area contributed by atoms with Crippen molar-refractivity contribution in [3.63, 3.8) is 0 Å². The molecule has 0 spiro atoms. The van der Waals surface area contributed by atoms with Crippen LogP contribution in [-0.4, -0.2) is 27.2 Å². The highest BCUT2D eigenvalue weighted by atomic mass is 32.2. The molecule has 112 valence electrons. The summed E-state index contributed by atoms with van der Waals surface area (Å²) < 4.78 is 0. The van der Waals surface area contributed by atoms with E-state index in [-0.39, 0.29) is 11.2 Å². The van der Waals surface area contributed by atoms with Crippen LogP contribution >= 0.6 is 23.1 Å². The molecule has 1 saturated carbocycles. The number of fused-ring (bicyclic) bond motifs is 1. The van der Waals surface area contributed by atoms with E-state index < -0.39 is 0 Å². The van der Waals surface area contributed by atoms with Crippen LogP contribution in [0.25, 0.3) is 10.2 Å². The zero-order valence-electron chi connectivity index (χ0n) is 11.8. The van der Waals surface area contributed by atoms with E-state index in [1.165, 1.54) is 35.9 Å². The molecule has 21 heavy (non-hydrogen) atoms. The van der Waals surface area contributed by atoms with Crippen LogP contribution < -0.4 is 11.1 Å². The van der Waals surface area contributed by atoms with Crippen molar-refractivity contribution in [2.24, 2.45) is 0 Å². The molecule has 1 fully saturated rings. The molecular weight excluding hydrogens is 304 g/mol. The second-order valence-electron chi connectivity index (χ2n) is 5.28. The third-order valence-corrected chi connectivity index (χ3v) is 5.45. The summed E-state index contributed by atoms with van der Waals surface area (Å²) in [4.78, 5) is 21.8. The third-order valence-electron chi connectivity index (χ3n) is 3.69. The molecule has 5 nitrogen and oxygen atoms in total. The molecule has 3 N–H and O–H groups in total. The second-order valence-corrected chi connectivity index (χ2v) is 7.48. The second kappa shape index (κ2) is 6.19. The van der Waals surface area contributed by atoms with Crippen LogP contribution in [0.3, 0.4) is 0 Å². The number of carbonyl (C=O) groups excluding carboxylic acids is 1. The Bertz CT molecular complexity index is 651. The van der Waals surface area contributed by atoms with Crippen molar-refractivity contribution in [3.05, 3.63) is 11.4 Å². The maximum absolute atomic E-state index is 12.2. The molecule has 7 heteroatoms.